The molecule has 12 heteroatoms. The second-order valence-corrected chi connectivity index (χ2v) is 47.8. The molecule has 0 fully saturated rings. The van der Waals surface area contributed by atoms with Crippen LogP contribution in [0.2, 0.25) is 0 Å². The first-order valence-corrected chi connectivity index (χ1v) is 52.8. The summed E-state index contributed by atoms with van der Waals surface area (Å²) in [6.07, 6.45) is 22.6. The largest absolute Gasteiger partial charge is 0.324 e. The van der Waals surface area contributed by atoms with Gasteiger partial charge in [-0.2, -0.15) is 21.0 Å². The van der Waals surface area contributed by atoms with Gasteiger partial charge in [-0.25, -0.2) is 0 Å². The van der Waals surface area contributed by atoms with E-state index in [9.17, 15) is 28.3 Å². The summed E-state index contributed by atoms with van der Waals surface area (Å²) in [5.41, 5.74) is 13.5. The van der Waals surface area contributed by atoms with Crippen LogP contribution in [0.5, 0.6) is 0 Å². The number of nitriles is 4. The molecular weight excluding hydrogens is 1750 g/mol. The van der Waals surface area contributed by atoms with Gasteiger partial charge in [-0.1, -0.05) is 427 Å². The highest BCUT2D eigenvalue weighted by molar-refractivity contribution is 7.62. The molecule has 14 rings (SSSR count). The Balaban J connectivity index is 0.000000246. The number of Topliss-reactive ketones (excluding diaryl/α,β-unsaturated/α-hetero) is 2. The molecule has 0 bridgehead atoms. The van der Waals surface area contributed by atoms with Crippen LogP contribution in [-0.2, 0) is 18.7 Å². The summed E-state index contributed by atoms with van der Waals surface area (Å²) < 4.78 is 21.7. The van der Waals surface area contributed by atoms with Crippen molar-refractivity contribution in [1.82, 2.24) is 0 Å². The zero-order valence-electron chi connectivity index (χ0n) is 86.5. The number of aldehydes is 2. The van der Waals surface area contributed by atoms with Crippen LogP contribution < -0.4 is 0 Å². The van der Waals surface area contributed by atoms with E-state index in [1.807, 2.05) is 189 Å². The van der Waals surface area contributed by atoms with Crippen molar-refractivity contribution in [2.75, 3.05) is 39.0 Å². The molecule has 14 aromatic carbocycles. The molecule has 10 nitrogen and oxygen atoms in total. The highest BCUT2D eigenvalue weighted by Gasteiger charge is 2.25. The Labute approximate surface area is 834 Å². The number of hydrogen-bond acceptors (Lipinski definition) is 10. The quantitative estimate of drug-likeness (QED) is 0.0224. The number of allylic oxidation sites excluding steroid dienone is 18. The van der Waals surface area contributed by atoms with Gasteiger partial charge in [0.2, 0.25) is 0 Å². The molecule has 0 aliphatic carbocycles. The van der Waals surface area contributed by atoms with Crippen molar-refractivity contribution < 1.29 is 28.3 Å². The van der Waals surface area contributed by atoms with Gasteiger partial charge in [0, 0.05) is 46.8 Å². The van der Waals surface area contributed by atoms with Crippen molar-refractivity contribution in [1.29, 1.82) is 21.0 Å². The summed E-state index contributed by atoms with van der Waals surface area (Å²) in [6, 6.07) is 112. The Morgan fingerprint density at radius 3 is 0.800 bits per heavy atom. The molecule has 718 valence electrons. The Morgan fingerprint density at radius 1 is 0.300 bits per heavy atom. The van der Waals surface area contributed by atoms with Crippen LogP contribution >= 0.6 is 14.3 Å². The lowest BCUT2D eigenvalue weighted by Gasteiger charge is -2.23. The van der Waals surface area contributed by atoms with E-state index < -0.39 is 14.3 Å². The number of fused-ring (bicyclic) bond motifs is 7. The van der Waals surface area contributed by atoms with E-state index in [2.05, 4.69) is 314 Å². The molecule has 0 spiro atoms. The summed E-state index contributed by atoms with van der Waals surface area (Å²) in [7, 11) is -4.00. The van der Waals surface area contributed by atoms with E-state index in [1.165, 1.54) is 93.0 Å². The van der Waals surface area contributed by atoms with E-state index in [4.69, 9.17) is 21.0 Å². The van der Waals surface area contributed by atoms with Crippen molar-refractivity contribution in [3.05, 3.63) is 420 Å². The maximum Gasteiger partial charge on any atom is 0.168 e. The molecular formula is C128H140N4O6P2. The molecule has 0 heterocycles. The fourth-order valence-corrected chi connectivity index (χ4v) is 16.7. The van der Waals surface area contributed by atoms with Crippen LogP contribution in [0.4, 0.5) is 0 Å². The first kappa shape index (κ1) is 114. The Morgan fingerprint density at radius 2 is 0.550 bits per heavy atom. The van der Waals surface area contributed by atoms with Gasteiger partial charge in [0.15, 0.2) is 11.6 Å². The number of ketones is 2. The molecule has 0 unspecified atom stereocenters. The van der Waals surface area contributed by atoms with Gasteiger partial charge in [0.1, 0.15) is 12.6 Å². The minimum absolute atomic E-state index is 0.0296. The van der Waals surface area contributed by atoms with Gasteiger partial charge in [0.25, 0.3) is 0 Å². The first-order chi connectivity index (χ1) is 66.0. The third-order valence-corrected chi connectivity index (χ3v) is 24.3. The standard InChI is InChI=1S/C22H23N.C22H24O.C17H17N.C17H18O.C15H16O.C14H14O.C10H8.C7H12NOP.C4H8NOP/c2*1-17(14-15-23)8-7-11-21(22(2,3)4)20-13-12-18-9-5-6-10-19(18)16-20;2*1-17(2,3)16(10-11-18)15-9-8-13-6-4-5-7-14(13)12-15;1-15(2,3)14(16)13-9-8-11-6-4-5-7-12(11)10-13;1-10(2)14(15)13-8-7-11-5-3-4-6-12(11)9-13;1-2-6-10-8-4-3-7-9(10)5-1;1-7(4-5-8)6-10(2,3)9;1-7(2,6)4-3-5/h5-14,16H,1-4H3;5-16H,1-4H3;4-10,12H,1-3H3;4-12H,1-3H3;4-10H,1-3H3;3-10H,1-2H3;1-8H;4H,6H2,1-3H3;4H2,1-2H3/b2*8-7+,17-14+,21-11-;2*16-10-;;;;7-4+;. The minimum atomic E-state index is -2.03. The smallest absolute Gasteiger partial charge is 0.168 e. The first-order valence-electron chi connectivity index (χ1n) is 47.2. The number of carbonyl (C=O) groups is 4. The van der Waals surface area contributed by atoms with Crippen molar-refractivity contribution in [3.8, 4) is 24.3 Å². The molecule has 140 heavy (non-hydrogen) atoms. The van der Waals surface area contributed by atoms with E-state index >= 15 is 0 Å². The number of nitrogens with zero attached hydrogens (tertiary/aromatic N) is 4. The van der Waals surface area contributed by atoms with Gasteiger partial charge in [-0.3, -0.25) is 19.2 Å². The fraction of sp³-hybridized carbons (Fsp3) is 0.250. The van der Waals surface area contributed by atoms with Crippen molar-refractivity contribution >= 4 is 136 Å². The number of benzene rings is 14. The average molecular weight is 1890 g/mol. The van der Waals surface area contributed by atoms with Crippen LogP contribution in [0, 0.1) is 78.3 Å². The molecule has 0 radical (unpaired) electrons. The summed E-state index contributed by atoms with van der Waals surface area (Å²) in [6.45, 7) is 48.1. The molecule has 0 amide bonds. The van der Waals surface area contributed by atoms with E-state index in [0.29, 0.717) is 6.16 Å². The van der Waals surface area contributed by atoms with Gasteiger partial charge < -0.3 is 9.13 Å². The SMILES string of the molecule is C/C(=C\C#N)CP(C)(C)=O.CC(/C=C/C=C(/c1ccc2ccccc2c1)C(C)(C)C)=C\C#N.CC(/C=C/C=C(/c1ccc2ccccc2c1)C(C)(C)C)=C\C=O.CC(C)(C)/C(=C\C#N)c1ccc2ccccc2c1.CC(C)(C)/C(=C\C=O)c1ccc2ccccc2c1.CC(C)(C)C(=O)c1ccc2ccccc2c1.CC(C)C(=O)c1ccc2ccccc2c1.CP(C)(=O)CC#N.c1ccc2ccccc2c1. The molecule has 0 aliphatic rings. The number of carbonyl (C=O) groups excluding carboxylic acids is 4. The Hall–Kier alpha value is -14.3. The molecule has 14 aromatic rings. The van der Waals surface area contributed by atoms with E-state index in [0.717, 1.165) is 73.5 Å². The summed E-state index contributed by atoms with van der Waals surface area (Å²) >= 11 is 0. The molecule has 0 atom stereocenters. The maximum atomic E-state index is 12.1. The number of hydrogen-bond donors (Lipinski definition) is 0. The lowest BCUT2D eigenvalue weighted by atomic mass is 9.81. The second-order valence-electron chi connectivity index (χ2n) is 40.9. The fourth-order valence-electron chi connectivity index (χ4n) is 15.0. The predicted octanol–water partition coefficient (Wildman–Crippen LogP) is 35.3. The lowest BCUT2D eigenvalue weighted by molar-refractivity contribution is -0.104. The molecule has 0 N–H and O–H groups in total. The minimum Gasteiger partial charge on any atom is -0.324 e. The van der Waals surface area contributed by atoms with Crippen molar-refractivity contribution in [2.45, 2.75) is 138 Å². The third kappa shape index (κ3) is 39.3. The van der Waals surface area contributed by atoms with E-state index in [1.54, 1.807) is 51.0 Å². The Kier molecular flexibility index (Phi) is 44.7. The van der Waals surface area contributed by atoms with Crippen LogP contribution in [0.15, 0.2) is 387 Å². The van der Waals surface area contributed by atoms with Crippen LogP contribution in [0.3, 0.4) is 0 Å². The van der Waals surface area contributed by atoms with Crippen LogP contribution in [0.1, 0.15) is 181 Å². The zero-order valence-corrected chi connectivity index (χ0v) is 88.3. The molecule has 0 saturated heterocycles. The summed E-state index contributed by atoms with van der Waals surface area (Å²) in [5.74, 6) is 0.463. The van der Waals surface area contributed by atoms with E-state index in [-0.39, 0.29) is 50.7 Å². The summed E-state index contributed by atoms with van der Waals surface area (Å²) in [5, 5.41) is 50.9. The van der Waals surface area contributed by atoms with Gasteiger partial charge in [0.05, 0.1) is 44.7 Å². The highest BCUT2D eigenvalue weighted by Crippen LogP contribution is 2.41. The van der Waals surface area contributed by atoms with Gasteiger partial charge in [-0.15, -0.1) is 0 Å². The Bertz CT molecular complexity index is 7140. The monoisotopic (exact) mass is 1890 g/mol. The highest BCUT2D eigenvalue weighted by atomic mass is 31.2. The van der Waals surface area contributed by atoms with Gasteiger partial charge in [-0.05, 0) is 249 Å². The predicted molar refractivity (Wildman–Crippen MR) is 603 cm³/mol. The zero-order chi connectivity index (χ0) is 104. The van der Waals surface area contributed by atoms with Crippen LogP contribution in [-0.4, -0.2) is 63.1 Å². The van der Waals surface area contributed by atoms with Crippen LogP contribution in [0.25, 0.3) is 97.7 Å². The van der Waals surface area contributed by atoms with Crippen molar-refractivity contribution in [3.63, 3.8) is 0 Å². The number of rotatable bonds is 16. The van der Waals surface area contributed by atoms with Crippen molar-refractivity contribution in [2.24, 2.45) is 33.0 Å². The maximum absolute atomic E-state index is 12.1. The van der Waals surface area contributed by atoms with Gasteiger partial charge >= 0.3 is 0 Å². The average Bonchev–Trinajstić information content (AvgIpc) is 0.823. The molecule has 0 aliphatic heterocycles. The topological polar surface area (TPSA) is 198 Å². The molecule has 0 saturated carbocycles. The second kappa shape index (κ2) is 54.7. The normalized spacial score (nSPS) is 12.4. The third-order valence-electron chi connectivity index (χ3n) is 22.1. The summed E-state index contributed by atoms with van der Waals surface area (Å²) in [4.78, 5) is 45.2. The molecule has 0 aromatic heterocycles. The lowest BCUT2D eigenvalue weighted by Crippen LogP contribution is -2.19.